The van der Waals surface area contributed by atoms with E-state index >= 15 is 0 Å². The molecular formula is C28H34N2O5. The molecule has 0 saturated heterocycles. The minimum Gasteiger partial charge on any atom is -0.481 e. The fraction of sp³-hybridized carbons (Fsp3) is 0.464. The van der Waals surface area contributed by atoms with Gasteiger partial charge in [-0.1, -0.05) is 61.9 Å². The van der Waals surface area contributed by atoms with Gasteiger partial charge >= 0.3 is 12.1 Å². The third kappa shape index (κ3) is 5.34. The van der Waals surface area contributed by atoms with Crippen molar-refractivity contribution in [2.45, 2.75) is 57.9 Å². The number of benzene rings is 2. The molecule has 2 aromatic rings. The van der Waals surface area contributed by atoms with Crippen LogP contribution in [0.25, 0.3) is 11.1 Å². The normalized spacial score (nSPS) is 20.7. The molecule has 1 saturated carbocycles. The number of carboxylic acid groups (broad SMARTS) is 1. The van der Waals surface area contributed by atoms with Crippen LogP contribution in [0, 0.1) is 11.3 Å². The fourth-order valence-corrected chi connectivity index (χ4v) is 5.19. The largest absolute Gasteiger partial charge is 0.481 e. The van der Waals surface area contributed by atoms with Crippen molar-refractivity contribution >= 4 is 18.0 Å². The topological polar surface area (TPSA) is 105 Å². The summed E-state index contributed by atoms with van der Waals surface area (Å²) >= 11 is 0. The highest BCUT2D eigenvalue weighted by Gasteiger charge is 2.36. The molecule has 3 atom stereocenters. The lowest BCUT2D eigenvalue weighted by atomic mass is 9.83. The Bertz CT molecular complexity index is 1050. The number of amides is 2. The third-order valence-corrected chi connectivity index (χ3v) is 7.65. The number of carboxylic acids is 1. The van der Waals surface area contributed by atoms with Gasteiger partial charge in [0.1, 0.15) is 6.61 Å². The summed E-state index contributed by atoms with van der Waals surface area (Å²) in [5, 5.41) is 15.1. The van der Waals surface area contributed by atoms with Crippen LogP contribution in [0.5, 0.6) is 0 Å². The van der Waals surface area contributed by atoms with Crippen LogP contribution in [0.4, 0.5) is 4.79 Å². The lowest BCUT2D eigenvalue weighted by molar-refractivity contribution is -0.143. The minimum atomic E-state index is -0.818. The summed E-state index contributed by atoms with van der Waals surface area (Å²) in [5.74, 6) is -1.42. The number of alkyl carbamates (subject to hydrolysis) is 1. The number of aliphatic carboxylic acids is 1. The number of rotatable bonds is 8. The summed E-state index contributed by atoms with van der Waals surface area (Å²) in [6, 6.07) is 16.2. The molecule has 0 heterocycles. The predicted octanol–water partition coefficient (Wildman–Crippen LogP) is 4.70. The quantitative estimate of drug-likeness (QED) is 0.510. The molecule has 35 heavy (non-hydrogen) atoms. The van der Waals surface area contributed by atoms with Crippen molar-refractivity contribution in [1.82, 2.24) is 10.6 Å². The second-order valence-electron chi connectivity index (χ2n) is 9.97. The van der Waals surface area contributed by atoms with Gasteiger partial charge in [-0.3, -0.25) is 9.59 Å². The molecule has 0 aromatic heterocycles. The highest BCUT2D eigenvalue weighted by Crippen LogP contribution is 2.44. The first-order valence-electron chi connectivity index (χ1n) is 12.4. The monoisotopic (exact) mass is 478 g/mol. The molecule has 0 spiro atoms. The van der Waals surface area contributed by atoms with Gasteiger partial charge in [-0.25, -0.2) is 4.79 Å². The second-order valence-corrected chi connectivity index (χ2v) is 9.97. The highest BCUT2D eigenvalue weighted by atomic mass is 16.5. The van der Waals surface area contributed by atoms with Gasteiger partial charge in [0.2, 0.25) is 5.91 Å². The summed E-state index contributed by atoms with van der Waals surface area (Å²) in [5.41, 5.74) is 3.81. The van der Waals surface area contributed by atoms with E-state index in [2.05, 4.69) is 34.9 Å². The zero-order valence-electron chi connectivity index (χ0n) is 20.4. The third-order valence-electron chi connectivity index (χ3n) is 7.65. The fourth-order valence-electron chi connectivity index (χ4n) is 5.19. The van der Waals surface area contributed by atoms with Crippen molar-refractivity contribution in [3.8, 4) is 11.1 Å². The number of hydrogen-bond acceptors (Lipinski definition) is 4. The molecule has 0 radical (unpaired) electrons. The summed E-state index contributed by atoms with van der Waals surface area (Å²) in [6.07, 6.45) is 2.62. The Morgan fingerprint density at radius 3 is 2.26 bits per heavy atom. The molecule has 0 aliphatic heterocycles. The van der Waals surface area contributed by atoms with E-state index < -0.39 is 23.4 Å². The standard InChI is InChI=1S/C28H34N2O5/c1-3-28(2,26(33)30-19-10-8-9-18(15-19)25(31)32)17-29-27(34)35-16-24-22-13-6-4-11-20(22)21-12-5-7-14-23(21)24/h4-7,11-14,18-19,24H,3,8-10,15-17H2,1-2H3,(H,29,34)(H,30,33)(H,31,32). The first kappa shape index (κ1) is 24.8. The Labute approximate surface area is 206 Å². The Balaban J connectivity index is 1.32. The summed E-state index contributed by atoms with van der Waals surface area (Å²) in [6.45, 7) is 4.07. The lowest BCUT2D eigenvalue weighted by Gasteiger charge is -2.33. The zero-order valence-corrected chi connectivity index (χ0v) is 20.4. The van der Waals surface area contributed by atoms with Gasteiger partial charge in [0.25, 0.3) is 0 Å². The van der Waals surface area contributed by atoms with E-state index in [1.165, 1.54) is 11.1 Å². The molecular weight excluding hydrogens is 444 g/mol. The van der Waals surface area contributed by atoms with Crippen LogP contribution in [-0.2, 0) is 14.3 Å². The van der Waals surface area contributed by atoms with Crippen LogP contribution >= 0.6 is 0 Å². The Morgan fingerprint density at radius 1 is 1.03 bits per heavy atom. The molecule has 0 bridgehead atoms. The van der Waals surface area contributed by atoms with Crippen LogP contribution in [0.2, 0.25) is 0 Å². The van der Waals surface area contributed by atoms with E-state index in [-0.39, 0.29) is 31.0 Å². The molecule has 3 unspecified atom stereocenters. The van der Waals surface area contributed by atoms with Gasteiger partial charge in [0, 0.05) is 18.5 Å². The molecule has 1 fully saturated rings. The molecule has 186 valence electrons. The smallest absolute Gasteiger partial charge is 0.407 e. The zero-order chi connectivity index (χ0) is 25.0. The Morgan fingerprint density at radius 2 is 1.66 bits per heavy atom. The van der Waals surface area contributed by atoms with Crippen LogP contribution < -0.4 is 10.6 Å². The minimum absolute atomic E-state index is 0.0255. The SMILES string of the molecule is CCC(C)(CNC(=O)OCC1c2ccccc2-c2ccccc21)C(=O)NC1CCCC(C(=O)O)C1. The Hall–Kier alpha value is -3.35. The van der Waals surface area contributed by atoms with E-state index in [9.17, 15) is 19.5 Å². The molecule has 2 aromatic carbocycles. The molecule has 7 nitrogen and oxygen atoms in total. The van der Waals surface area contributed by atoms with Crippen molar-refractivity contribution < 1.29 is 24.2 Å². The van der Waals surface area contributed by atoms with E-state index in [1.54, 1.807) is 0 Å². The lowest BCUT2D eigenvalue weighted by Crippen LogP contribution is -2.50. The number of carbonyl (C=O) groups is 3. The first-order chi connectivity index (χ1) is 16.8. The summed E-state index contributed by atoms with van der Waals surface area (Å²) in [7, 11) is 0. The molecule has 7 heteroatoms. The van der Waals surface area contributed by atoms with Crippen LogP contribution in [-0.4, -0.2) is 42.3 Å². The van der Waals surface area contributed by atoms with E-state index in [1.807, 2.05) is 38.1 Å². The maximum Gasteiger partial charge on any atom is 0.407 e. The second kappa shape index (κ2) is 10.5. The van der Waals surface area contributed by atoms with Crippen molar-refractivity contribution in [2.24, 2.45) is 11.3 Å². The number of hydrogen-bond donors (Lipinski definition) is 3. The summed E-state index contributed by atoms with van der Waals surface area (Å²) in [4.78, 5) is 37.0. The predicted molar refractivity (Wildman–Crippen MR) is 133 cm³/mol. The maximum atomic E-state index is 13.0. The maximum absolute atomic E-state index is 13.0. The molecule has 2 aliphatic rings. The molecule has 2 aliphatic carbocycles. The van der Waals surface area contributed by atoms with Gasteiger partial charge in [-0.2, -0.15) is 0 Å². The molecule has 4 rings (SSSR count). The van der Waals surface area contributed by atoms with Crippen molar-refractivity contribution in [3.05, 3.63) is 59.7 Å². The van der Waals surface area contributed by atoms with Gasteiger partial charge in [0.05, 0.1) is 11.3 Å². The average molecular weight is 479 g/mol. The number of nitrogens with one attached hydrogen (secondary N) is 2. The number of ether oxygens (including phenoxy) is 1. The van der Waals surface area contributed by atoms with Crippen LogP contribution in [0.15, 0.2) is 48.5 Å². The van der Waals surface area contributed by atoms with Gasteiger partial charge in [-0.05, 0) is 54.9 Å². The van der Waals surface area contributed by atoms with Crippen molar-refractivity contribution in [2.75, 3.05) is 13.2 Å². The molecule has 3 N–H and O–H groups in total. The van der Waals surface area contributed by atoms with E-state index in [0.29, 0.717) is 19.3 Å². The van der Waals surface area contributed by atoms with Crippen molar-refractivity contribution in [1.29, 1.82) is 0 Å². The van der Waals surface area contributed by atoms with Gasteiger partial charge < -0.3 is 20.5 Å². The van der Waals surface area contributed by atoms with E-state index in [0.717, 1.165) is 24.0 Å². The van der Waals surface area contributed by atoms with Gasteiger partial charge in [0.15, 0.2) is 0 Å². The molecule has 2 amide bonds. The Kier molecular flexibility index (Phi) is 7.43. The highest BCUT2D eigenvalue weighted by molar-refractivity contribution is 5.83. The first-order valence-corrected chi connectivity index (χ1v) is 12.4. The summed E-state index contributed by atoms with van der Waals surface area (Å²) < 4.78 is 5.60. The number of carbonyl (C=O) groups excluding carboxylic acids is 2. The number of fused-ring (bicyclic) bond motifs is 3. The van der Waals surface area contributed by atoms with E-state index in [4.69, 9.17) is 4.74 Å². The van der Waals surface area contributed by atoms with Crippen LogP contribution in [0.3, 0.4) is 0 Å². The average Bonchev–Trinajstić information content (AvgIpc) is 3.19. The van der Waals surface area contributed by atoms with Crippen molar-refractivity contribution in [3.63, 3.8) is 0 Å². The van der Waals surface area contributed by atoms with Gasteiger partial charge in [-0.15, -0.1) is 0 Å². The van der Waals surface area contributed by atoms with Crippen LogP contribution in [0.1, 0.15) is 63.0 Å².